The molecule has 0 bridgehead atoms. The van der Waals surface area contributed by atoms with E-state index in [-0.39, 0.29) is 11.7 Å². The zero-order chi connectivity index (χ0) is 20.1. The summed E-state index contributed by atoms with van der Waals surface area (Å²) in [7, 11) is 1.56. The van der Waals surface area contributed by atoms with Crippen LogP contribution >= 0.6 is 35.0 Å². The molecule has 2 aromatic carbocycles. The van der Waals surface area contributed by atoms with Crippen molar-refractivity contribution in [1.29, 1.82) is 0 Å². The normalized spacial score (nSPS) is 10.7. The van der Waals surface area contributed by atoms with Gasteiger partial charge in [0.05, 0.1) is 23.6 Å². The summed E-state index contributed by atoms with van der Waals surface area (Å²) in [5.74, 6) is 1.27. The first kappa shape index (κ1) is 20.5. The summed E-state index contributed by atoms with van der Waals surface area (Å²) >= 11 is 13.6. The zero-order valence-electron chi connectivity index (χ0n) is 15.3. The maximum absolute atomic E-state index is 12.3. The van der Waals surface area contributed by atoms with Gasteiger partial charge in [0, 0.05) is 17.1 Å². The van der Waals surface area contributed by atoms with Gasteiger partial charge in [0.15, 0.2) is 11.0 Å². The van der Waals surface area contributed by atoms with Crippen molar-refractivity contribution in [2.75, 3.05) is 18.2 Å². The molecule has 1 N–H and O–H groups in total. The third kappa shape index (κ3) is 4.60. The molecule has 1 aromatic heterocycles. The fourth-order valence-electron chi connectivity index (χ4n) is 2.61. The molecule has 0 aliphatic rings. The second-order valence-corrected chi connectivity index (χ2v) is 7.50. The molecule has 0 saturated carbocycles. The smallest absolute Gasteiger partial charge is 0.234 e. The summed E-state index contributed by atoms with van der Waals surface area (Å²) in [5.41, 5.74) is 1.37. The van der Waals surface area contributed by atoms with Crippen molar-refractivity contribution < 1.29 is 9.53 Å². The maximum atomic E-state index is 12.3. The van der Waals surface area contributed by atoms with Gasteiger partial charge in [-0.25, -0.2) is 0 Å². The number of amides is 1. The number of thioether (sulfide) groups is 1. The second-order valence-electron chi connectivity index (χ2n) is 5.71. The van der Waals surface area contributed by atoms with Crippen LogP contribution in [0.1, 0.15) is 6.92 Å². The Kier molecular flexibility index (Phi) is 6.83. The first-order valence-electron chi connectivity index (χ1n) is 8.47. The monoisotopic (exact) mass is 436 g/mol. The summed E-state index contributed by atoms with van der Waals surface area (Å²) in [4.78, 5) is 12.3. The van der Waals surface area contributed by atoms with Gasteiger partial charge in [0.25, 0.3) is 0 Å². The van der Waals surface area contributed by atoms with Crippen LogP contribution in [0.15, 0.2) is 47.6 Å². The summed E-state index contributed by atoms with van der Waals surface area (Å²) in [6.45, 7) is 2.62. The second kappa shape index (κ2) is 9.32. The molecule has 28 heavy (non-hydrogen) atoms. The zero-order valence-corrected chi connectivity index (χ0v) is 17.6. The van der Waals surface area contributed by atoms with E-state index in [1.165, 1.54) is 11.8 Å². The molecule has 0 unspecified atom stereocenters. The number of nitrogens with zero attached hydrogens (tertiary/aromatic N) is 3. The van der Waals surface area contributed by atoms with E-state index in [0.29, 0.717) is 39.0 Å². The van der Waals surface area contributed by atoms with Gasteiger partial charge >= 0.3 is 0 Å². The number of rotatable bonds is 7. The number of carbonyl (C=O) groups excluding carboxylic acids is 1. The van der Waals surface area contributed by atoms with Crippen molar-refractivity contribution in [1.82, 2.24) is 14.8 Å². The Bertz CT molecular complexity index is 994. The molecule has 0 aliphatic heterocycles. The Morgan fingerprint density at radius 2 is 2.00 bits per heavy atom. The van der Waals surface area contributed by atoms with Crippen LogP contribution in [0, 0.1) is 0 Å². The maximum Gasteiger partial charge on any atom is 0.234 e. The fraction of sp³-hybridized carbons (Fsp3) is 0.211. The highest BCUT2D eigenvalue weighted by Gasteiger charge is 2.17. The van der Waals surface area contributed by atoms with Gasteiger partial charge in [-0.05, 0) is 37.3 Å². The molecule has 0 saturated heterocycles. The molecule has 0 atom stereocenters. The van der Waals surface area contributed by atoms with E-state index < -0.39 is 0 Å². The van der Waals surface area contributed by atoms with Crippen molar-refractivity contribution in [3.8, 4) is 17.1 Å². The molecular formula is C19H18Cl2N4O2S. The van der Waals surface area contributed by atoms with Crippen LogP contribution in [-0.2, 0) is 11.3 Å². The lowest BCUT2D eigenvalue weighted by molar-refractivity contribution is -0.113. The van der Waals surface area contributed by atoms with Crippen LogP contribution in [0.2, 0.25) is 10.0 Å². The number of ether oxygens (including phenoxy) is 1. The van der Waals surface area contributed by atoms with Gasteiger partial charge in [0.1, 0.15) is 5.75 Å². The Morgan fingerprint density at radius 1 is 1.21 bits per heavy atom. The minimum Gasteiger partial charge on any atom is -0.495 e. The number of methoxy groups -OCH3 is 1. The third-order valence-electron chi connectivity index (χ3n) is 3.92. The minimum atomic E-state index is -0.161. The first-order valence-corrected chi connectivity index (χ1v) is 10.2. The molecule has 0 radical (unpaired) electrons. The number of hydrogen-bond acceptors (Lipinski definition) is 5. The molecular weight excluding hydrogens is 419 g/mol. The number of hydrogen-bond donors (Lipinski definition) is 1. The SMILES string of the molecule is CCn1c(SCC(=O)Nc2ccccc2OC)nnc1-c1ccc(Cl)cc1Cl. The van der Waals surface area contributed by atoms with E-state index in [1.54, 1.807) is 31.4 Å². The number of carbonyl (C=O) groups is 1. The summed E-state index contributed by atoms with van der Waals surface area (Å²) in [6.07, 6.45) is 0. The van der Waals surface area contributed by atoms with Crippen LogP contribution in [0.25, 0.3) is 11.4 Å². The van der Waals surface area contributed by atoms with E-state index in [4.69, 9.17) is 27.9 Å². The number of aromatic nitrogens is 3. The Labute approximate surface area is 177 Å². The molecule has 3 aromatic rings. The number of anilines is 1. The van der Waals surface area contributed by atoms with Gasteiger partial charge in [-0.2, -0.15) is 0 Å². The lowest BCUT2D eigenvalue weighted by Gasteiger charge is -2.10. The minimum absolute atomic E-state index is 0.161. The topological polar surface area (TPSA) is 69.0 Å². The van der Waals surface area contributed by atoms with Crippen LogP contribution < -0.4 is 10.1 Å². The predicted octanol–water partition coefficient (Wildman–Crippen LogP) is 5.01. The fourth-order valence-corrected chi connectivity index (χ4v) is 3.91. The quantitative estimate of drug-likeness (QED) is 0.527. The van der Waals surface area contributed by atoms with E-state index in [2.05, 4.69) is 15.5 Å². The van der Waals surface area contributed by atoms with E-state index in [0.717, 1.165) is 5.56 Å². The number of benzene rings is 2. The van der Waals surface area contributed by atoms with Crippen LogP contribution in [0.4, 0.5) is 5.69 Å². The van der Waals surface area contributed by atoms with Crippen molar-refractivity contribution >= 4 is 46.6 Å². The first-order chi connectivity index (χ1) is 13.5. The lowest BCUT2D eigenvalue weighted by atomic mass is 10.2. The van der Waals surface area contributed by atoms with E-state index >= 15 is 0 Å². The highest BCUT2D eigenvalue weighted by Crippen LogP contribution is 2.31. The Morgan fingerprint density at radius 3 is 2.71 bits per heavy atom. The predicted molar refractivity (Wildman–Crippen MR) is 113 cm³/mol. The van der Waals surface area contributed by atoms with Crippen molar-refractivity contribution in [2.45, 2.75) is 18.6 Å². The molecule has 146 valence electrons. The number of nitrogens with one attached hydrogen (secondary N) is 1. The molecule has 1 heterocycles. The summed E-state index contributed by atoms with van der Waals surface area (Å²) in [6, 6.07) is 12.5. The number of para-hydroxylation sites is 2. The lowest BCUT2D eigenvalue weighted by Crippen LogP contribution is -2.15. The Hall–Kier alpha value is -2.22. The largest absolute Gasteiger partial charge is 0.495 e. The average Bonchev–Trinajstić information content (AvgIpc) is 3.09. The standard InChI is InChI=1S/C19H18Cl2N4O2S/c1-3-25-18(13-9-8-12(20)10-14(13)21)23-24-19(25)28-11-17(26)22-15-6-4-5-7-16(15)27-2/h4-10H,3,11H2,1-2H3,(H,22,26). The molecule has 0 spiro atoms. The van der Waals surface area contributed by atoms with Gasteiger partial charge in [-0.15, -0.1) is 10.2 Å². The van der Waals surface area contributed by atoms with Crippen molar-refractivity contribution in [3.63, 3.8) is 0 Å². The average molecular weight is 437 g/mol. The summed E-state index contributed by atoms with van der Waals surface area (Å²) in [5, 5.41) is 13.0. The van der Waals surface area contributed by atoms with Gasteiger partial charge in [-0.1, -0.05) is 47.1 Å². The van der Waals surface area contributed by atoms with Gasteiger partial charge in [0.2, 0.25) is 5.91 Å². The third-order valence-corrected chi connectivity index (χ3v) is 5.43. The van der Waals surface area contributed by atoms with Gasteiger partial charge in [-0.3, -0.25) is 4.79 Å². The molecule has 0 aliphatic carbocycles. The highest BCUT2D eigenvalue weighted by atomic mass is 35.5. The molecule has 6 nitrogen and oxygen atoms in total. The van der Waals surface area contributed by atoms with Crippen molar-refractivity contribution in [2.24, 2.45) is 0 Å². The Balaban J connectivity index is 1.73. The van der Waals surface area contributed by atoms with Crippen LogP contribution in [0.5, 0.6) is 5.75 Å². The number of halogens is 2. The molecule has 3 rings (SSSR count). The van der Waals surface area contributed by atoms with Crippen LogP contribution in [0.3, 0.4) is 0 Å². The van der Waals surface area contributed by atoms with E-state index in [1.807, 2.05) is 29.7 Å². The van der Waals surface area contributed by atoms with Gasteiger partial charge < -0.3 is 14.6 Å². The van der Waals surface area contributed by atoms with Crippen molar-refractivity contribution in [3.05, 3.63) is 52.5 Å². The van der Waals surface area contributed by atoms with E-state index in [9.17, 15) is 4.79 Å². The summed E-state index contributed by atoms with van der Waals surface area (Å²) < 4.78 is 7.16. The molecule has 0 fully saturated rings. The molecule has 1 amide bonds. The molecule has 9 heteroatoms. The highest BCUT2D eigenvalue weighted by molar-refractivity contribution is 7.99. The van der Waals surface area contributed by atoms with Crippen LogP contribution in [-0.4, -0.2) is 33.5 Å².